The maximum atomic E-state index is 12.2. The number of aromatic nitrogens is 1. The van der Waals surface area contributed by atoms with Crippen LogP contribution in [0.15, 0.2) is 36.5 Å². The van der Waals surface area contributed by atoms with Crippen molar-refractivity contribution in [1.82, 2.24) is 9.88 Å². The SMILES string of the molecule is O=C(c1ccc(Oc2cc(Cl)cc(Cl)c2)nc1)N1CCCC1. The van der Waals surface area contributed by atoms with Gasteiger partial charge >= 0.3 is 0 Å². The first kappa shape index (κ1) is 15.1. The normalized spacial score (nSPS) is 14.2. The Bertz CT molecular complexity index is 663. The monoisotopic (exact) mass is 336 g/mol. The first-order valence-corrected chi connectivity index (χ1v) is 7.77. The standard InChI is InChI=1S/C16H14Cl2N2O2/c17-12-7-13(18)9-14(8-12)22-15-4-3-11(10-19-15)16(21)20-5-1-2-6-20/h3-4,7-10H,1-2,5-6H2. The van der Waals surface area contributed by atoms with Crippen LogP contribution in [-0.2, 0) is 0 Å². The molecule has 0 radical (unpaired) electrons. The minimum Gasteiger partial charge on any atom is -0.439 e. The van der Waals surface area contributed by atoms with Gasteiger partial charge in [-0.2, -0.15) is 0 Å². The summed E-state index contributed by atoms with van der Waals surface area (Å²) >= 11 is 11.8. The van der Waals surface area contributed by atoms with Gasteiger partial charge in [-0.3, -0.25) is 4.79 Å². The lowest BCUT2D eigenvalue weighted by atomic mass is 10.2. The fraction of sp³-hybridized carbons (Fsp3) is 0.250. The molecule has 114 valence electrons. The summed E-state index contributed by atoms with van der Waals surface area (Å²) in [4.78, 5) is 18.2. The molecule has 1 fully saturated rings. The van der Waals surface area contributed by atoms with Gasteiger partial charge in [0.05, 0.1) is 5.56 Å². The van der Waals surface area contributed by atoms with Crippen LogP contribution < -0.4 is 4.74 Å². The minimum absolute atomic E-state index is 0.0161. The largest absolute Gasteiger partial charge is 0.439 e. The summed E-state index contributed by atoms with van der Waals surface area (Å²) in [6.07, 6.45) is 3.66. The topological polar surface area (TPSA) is 42.4 Å². The van der Waals surface area contributed by atoms with Gasteiger partial charge in [0.15, 0.2) is 0 Å². The molecule has 1 aliphatic rings. The van der Waals surface area contributed by atoms with E-state index in [1.807, 2.05) is 4.90 Å². The molecule has 3 rings (SSSR count). The Morgan fingerprint density at radius 1 is 1.09 bits per heavy atom. The number of nitrogens with zero attached hydrogens (tertiary/aromatic N) is 2. The van der Waals surface area contributed by atoms with Crippen molar-refractivity contribution in [1.29, 1.82) is 0 Å². The molecule has 1 aliphatic heterocycles. The number of benzene rings is 1. The molecule has 2 heterocycles. The van der Waals surface area contributed by atoms with Gasteiger partial charge in [0, 0.05) is 35.4 Å². The highest BCUT2D eigenvalue weighted by Gasteiger charge is 2.19. The molecule has 0 saturated carbocycles. The lowest BCUT2D eigenvalue weighted by Crippen LogP contribution is -2.27. The maximum absolute atomic E-state index is 12.2. The van der Waals surface area contributed by atoms with Gasteiger partial charge in [0.25, 0.3) is 5.91 Å². The van der Waals surface area contributed by atoms with Crippen LogP contribution in [0.25, 0.3) is 0 Å². The summed E-state index contributed by atoms with van der Waals surface area (Å²) in [5, 5.41) is 0.978. The van der Waals surface area contributed by atoms with Gasteiger partial charge in [0.2, 0.25) is 5.88 Å². The lowest BCUT2D eigenvalue weighted by Gasteiger charge is -2.15. The van der Waals surface area contributed by atoms with E-state index in [4.69, 9.17) is 27.9 Å². The zero-order valence-electron chi connectivity index (χ0n) is 11.8. The highest BCUT2D eigenvalue weighted by atomic mass is 35.5. The van der Waals surface area contributed by atoms with Crippen molar-refractivity contribution < 1.29 is 9.53 Å². The highest BCUT2D eigenvalue weighted by molar-refractivity contribution is 6.34. The molecule has 0 atom stereocenters. The summed E-state index contributed by atoms with van der Waals surface area (Å²) in [5.41, 5.74) is 0.568. The second-order valence-corrected chi connectivity index (χ2v) is 5.96. The number of ether oxygens (including phenoxy) is 1. The van der Waals surface area contributed by atoms with E-state index in [0.29, 0.717) is 27.2 Å². The molecule has 1 amide bonds. The zero-order chi connectivity index (χ0) is 15.5. The van der Waals surface area contributed by atoms with Crippen molar-refractivity contribution in [3.63, 3.8) is 0 Å². The summed E-state index contributed by atoms with van der Waals surface area (Å²) in [6, 6.07) is 8.31. The van der Waals surface area contributed by atoms with E-state index in [1.54, 1.807) is 30.3 Å². The van der Waals surface area contributed by atoms with E-state index in [-0.39, 0.29) is 5.91 Å². The van der Waals surface area contributed by atoms with Gasteiger partial charge < -0.3 is 9.64 Å². The van der Waals surface area contributed by atoms with Crippen LogP contribution in [0.3, 0.4) is 0 Å². The van der Waals surface area contributed by atoms with Gasteiger partial charge in [-0.25, -0.2) is 4.98 Å². The van der Waals surface area contributed by atoms with Crippen LogP contribution in [0.1, 0.15) is 23.2 Å². The second-order valence-electron chi connectivity index (χ2n) is 5.09. The van der Waals surface area contributed by atoms with E-state index >= 15 is 0 Å². The predicted octanol–water partition coefficient (Wildman–Crippen LogP) is 4.42. The third-order valence-corrected chi connectivity index (χ3v) is 3.87. The Balaban J connectivity index is 1.72. The van der Waals surface area contributed by atoms with Crippen molar-refractivity contribution in [2.24, 2.45) is 0 Å². The van der Waals surface area contributed by atoms with E-state index in [1.165, 1.54) is 6.20 Å². The molecule has 4 nitrogen and oxygen atoms in total. The molecule has 1 aromatic carbocycles. The Labute approximate surface area is 138 Å². The Hall–Kier alpha value is -1.78. The average Bonchev–Trinajstić information content (AvgIpc) is 3.00. The number of hydrogen-bond donors (Lipinski definition) is 0. The van der Waals surface area contributed by atoms with Crippen LogP contribution in [0.5, 0.6) is 11.6 Å². The molecule has 0 aliphatic carbocycles. The van der Waals surface area contributed by atoms with Crippen LogP contribution in [0.2, 0.25) is 10.0 Å². The predicted molar refractivity (Wildman–Crippen MR) is 85.9 cm³/mol. The number of amides is 1. The fourth-order valence-electron chi connectivity index (χ4n) is 2.38. The number of halogens is 2. The molecule has 1 saturated heterocycles. The smallest absolute Gasteiger partial charge is 0.255 e. The molecule has 0 bridgehead atoms. The number of pyridine rings is 1. The zero-order valence-corrected chi connectivity index (χ0v) is 13.3. The van der Waals surface area contributed by atoms with Crippen molar-refractivity contribution in [3.8, 4) is 11.6 Å². The fourth-order valence-corrected chi connectivity index (χ4v) is 2.88. The number of hydrogen-bond acceptors (Lipinski definition) is 3. The molecule has 0 spiro atoms. The van der Waals surface area contributed by atoms with Crippen molar-refractivity contribution in [2.45, 2.75) is 12.8 Å². The van der Waals surface area contributed by atoms with E-state index in [9.17, 15) is 4.79 Å². The van der Waals surface area contributed by atoms with Gasteiger partial charge in [0.1, 0.15) is 5.75 Å². The van der Waals surface area contributed by atoms with Crippen LogP contribution in [-0.4, -0.2) is 28.9 Å². The van der Waals surface area contributed by atoms with Crippen LogP contribution >= 0.6 is 23.2 Å². The van der Waals surface area contributed by atoms with Crippen molar-refractivity contribution in [3.05, 3.63) is 52.1 Å². The molecular weight excluding hydrogens is 323 g/mol. The average molecular weight is 337 g/mol. The quantitative estimate of drug-likeness (QED) is 0.833. The number of carbonyl (C=O) groups is 1. The third-order valence-electron chi connectivity index (χ3n) is 3.44. The summed E-state index contributed by atoms with van der Waals surface area (Å²) in [5.74, 6) is 0.905. The molecule has 0 unspecified atom stereocenters. The molecule has 6 heteroatoms. The molecular formula is C16H14Cl2N2O2. The number of likely N-dealkylation sites (tertiary alicyclic amines) is 1. The van der Waals surface area contributed by atoms with Crippen LogP contribution in [0, 0.1) is 0 Å². The minimum atomic E-state index is 0.0161. The molecule has 0 N–H and O–H groups in total. The summed E-state index contributed by atoms with van der Waals surface area (Å²) in [6.45, 7) is 1.64. The molecule has 1 aromatic heterocycles. The third kappa shape index (κ3) is 3.51. The molecule has 2 aromatic rings. The van der Waals surface area contributed by atoms with Gasteiger partial charge in [-0.1, -0.05) is 23.2 Å². The number of rotatable bonds is 3. The second kappa shape index (κ2) is 6.55. The number of carbonyl (C=O) groups excluding carboxylic acids is 1. The van der Waals surface area contributed by atoms with Gasteiger partial charge in [-0.15, -0.1) is 0 Å². The van der Waals surface area contributed by atoms with Crippen LogP contribution in [0.4, 0.5) is 0 Å². The highest BCUT2D eigenvalue weighted by Crippen LogP contribution is 2.27. The summed E-state index contributed by atoms with van der Waals surface area (Å²) in [7, 11) is 0. The Kier molecular flexibility index (Phi) is 4.50. The summed E-state index contributed by atoms with van der Waals surface area (Å²) < 4.78 is 5.60. The van der Waals surface area contributed by atoms with E-state index in [2.05, 4.69) is 4.98 Å². The van der Waals surface area contributed by atoms with E-state index in [0.717, 1.165) is 25.9 Å². The van der Waals surface area contributed by atoms with Crippen molar-refractivity contribution in [2.75, 3.05) is 13.1 Å². The molecule has 22 heavy (non-hydrogen) atoms. The maximum Gasteiger partial charge on any atom is 0.255 e. The van der Waals surface area contributed by atoms with Gasteiger partial charge in [-0.05, 0) is 37.1 Å². The first-order chi connectivity index (χ1) is 10.6. The lowest BCUT2D eigenvalue weighted by molar-refractivity contribution is 0.0792. The van der Waals surface area contributed by atoms with E-state index < -0.39 is 0 Å². The Morgan fingerprint density at radius 3 is 2.36 bits per heavy atom. The Morgan fingerprint density at radius 2 is 1.77 bits per heavy atom. The first-order valence-electron chi connectivity index (χ1n) is 7.01. The van der Waals surface area contributed by atoms with Crippen molar-refractivity contribution >= 4 is 29.1 Å².